The predicted molar refractivity (Wildman–Crippen MR) is 229 cm³/mol. The molecule has 0 N–H and O–H groups in total. The van der Waals surface area contributed by atoms with Crippen molar-refractivity contribution in [3.05, 3.63) is 194 Å². The van der Waals surface area contributed by atoms with Gasteiger partial charge in [0.2, 0.25) is 0 Å². The molecule has 0 atom stereocenters. The van der Waals surface area contributed by atoms with Crippen LogP contribution >= 0.6 is 11.3 Å². The molecule has 258 valence electrons. The van der Waals surface area contributed by atoms with Crippen molar-refractivity contribution in [3.63, 3.8) is 0 Å². The fourth-order valence-corrected chi connectivity index (χ4v) is 8.37. The second kappa shape index (κ2) is 14.0. The number of fused-ring (bicyclic) bond motifs is 3. The lowest BCUT2D eigenvalue weighted by Gasteiger charge is -2.14. The molecule has 10 rings (SSSR count). The van der Waals surface area contributed by atoms with Gasteiger partial charge < -0.3 is 0 Å². The van der Waals surface area contributed by atoms with Gasteiger partial charge in [-0.25, -0.2) is 19.9 Å². The first-order valence-corrected chi connectivity index (χ1v) is 19.1. The third-order valence-electron chi connectivity index (χ3n) is 9.89. The van der Waals surface area contributed by atoms with Crippen LogP contribution in [0.2, 0.25) is 0 Å². The van der Waals surface area contributed by atoms with Gasteiger partial charge in [-0.05, 0) is 53.6 Å². The molecule has 0 amide bonds. The number of thiophene rings is 1. The van der Waals surface area contributed by atoms with Crippen LogP contribution in [0.15, 0.2) is 194 Å². The van der Waals surface area contributed by atoms with E-state index in [2.05, 4.69) is 121 Å². The molecule has 4 nitrogen and oxygen atoms in total. The minimum Gasteiger partial charge on any atom is -0.228 e. The van der Waals surface area contributed by atoms with E-state index in [9.17, 15) is 0 Å². The smallest absolute Gasteiger partial charge is 0.160 e. The summed E-state index contributed by atoms with van der Waals surface area (Å²) in [5.41, 5.74) is 11.5. The fraction of sp³-hybridized carbons (Fsp3) is 0. The Morgan fingerprint density at radius 3 is 1.13 bits per heavy atom. The quantitative estimate of drug-likeness (QED) is 0.164. The molecule has 3 aromatic heterocycles. The molecule has 10 aromatic rings. The van der Waals surface area contributed by atoms with Gasteiger partial charge in [0.05, 0.1) is 22.8 Å². The van der Waals surface area contributed by atoms with Gasteiger partial charge in [-0.15, -0.1) is 11.3 Å². The highest BCUT2D eigenvalue weighted by molar-refractivity contribution is 7.25. The van der Waals surface area contributed by atoms with Gasteiger partial charge >= 0.3 is 0 Å². The summed E-state index contributed by atoms with van der Waals surface area (Å²) in [5, 5.41) is 2.48. The van der Waals surface area contributed by atoms with Crippen molar-refractivity contribution >= 4 is 31.5 Å². The number of rotatable bonds is 7. The molecule has 0 fully saturated rings. The van der Waals surface area contributed by atoms with Crippen LogP contribution in [0.5, 0.6) is 0 Å². The van der Waals surface area contributed by atoms with Crippen molar-refractivity contribution < 1.29 is 0 Å². The number of hydrogen-bond donors (Lipinski definition) is 0. The monoisotopic (exact) mass is 720 g/mol. The van der Waals surface area contributed by atoms with Gasteiger partial charge in [0, 0.05) is 53.6 Å². The zero-order chi connectivity index (χ0) is 36.6. The van der Waals surface area contributed by atoms with Crippen LogP contribution in [-0.4, -0.2) is 19.9 Å². The van der Waals surface area contributed by atoms with Crippen LogP contribution in [-0.2, 0) is 0 Å². The molecule has 5 heteroatoms. The number of benzene rings is 7. The molecule has 0 spiro atoms. The Kier molecular flexibility index (Phi) is 8.32. The summed E-state index contributed by atoms with van der Waals surface area (Å²) in [5.74, 6) is 1.27. The van der Waals surface area contributed by atoms with E-state index in [1.54, 1.807) is 0 Å². The van der Waals surface area contributed by atoms with Crippen molar-refractivity contribution in [2.45, 2.75) is 0 Å². The standard InChI is InChI=1S/C50H32N4S/c1-5-16-33(17-6-1)42-31-43(34-18-7-2-8-19-34)52-49(51-42)38-28-37(40-25-15-27-47-48(40)41-24-13-14-26-46(41)55-47)29-39(30-38)50-53-44(35-20-9-3-10-21-35)32-45(54-50)36-22-11-4-12-23-36/h1-32H. The molecule has 0 saturated heterocycles. The molecular formula is C50H32N4S. The number of hydrogen-bond acceptors (Lipinski definition) is 5. The summed E-state index contributed by atoms with van der Waals surface area (Å²) in [6, 6.07) is 67.3. The zero-order valence-electron chi connectivity index (χ0n) is 29.7. The van der Waals surface area contributed by atoms with Gasteiger partial charge in [0.15, 0.2) is 11.6 Å². The Bertz CT molecular complexity index is 2700. The van der Waals surface area contributed by atoms with E-state index < -0.39 is 0 Å². The second-order valence-corrected chi connectivity index (χ2v) is 14.5. The van der Waals surface area contributed by atoms with Crippen molar-refractivity contribution in [2.75, 3.05) is 0 Å². The summed E-state index contributed by atoms with van der Waals surface area (Å²) in [7, 11) is 0. The number of nitrogens with zero attached hydrogens (tertiary/aromatic N) is 4. The zero-order valence-corrected chi connectivity index (χ0v) is 30.5. The van der Waals surface area contributed by atoms with Crippen molar-refractivity contribution in [3.8, 4) is 78.9 Å². The molecule has 0 saturated carbocycles. The van der Waals surface area contributed by atoms with E-state index in [1.807, 2.05) is 84.1 Å². The third-order valence-corrected chi connectivity index (χ3v) is 11.0. The Morgan fingerprint density at radius 2 is 0.673 bits per heavy atom. The van der Waals surface area contributed by atoms with Gasteiger partial charge in [-0.1, -0.05) is 152 Å². The van der Waals surface area contributed by atoms with Crippen molar-refractivity contribution in [1.29, 1.82) is 0 Å². The van der Waals surface area contributed by atoms with Crippen LogP contribution in [0.1, 0.15) is 0 Å². The van der Waals surface area contributed by atoms with Crippen LogP contribution in [0.4, 0.5) is 0 Å². The Hall–Kier alpha value is -7.08. The first kappa shape index (κ1) is 32.6. The average Bonchev–Trinajstić information content (AvgIpc) is 3.66. The second-order valence-electron chi connectivity index (χ2n) is 13.5. The highest BCUT2D eigenvalue weighted by Gasteiger charge is 2.18. The average molecular weight is 721 g/mol. The molecule has 0 aliphatic heterocycles. The normalized spacial score (nSPS) is 11.3. The predicted octanol–water partition coefficient (Wildman–Crippen LogP) is 13.3. The van der Waals surface area contributed by atoms with E-state index in [1.165, 1.54) is 20.2 Å². The van der Waals surface area contributed by atoms with Crippen molar-refractivity contribution in [2.24, 2.45) is 0 Å². The summed E-state index contributed by atoms with van der Waals surface area (Å²) >= 11 is 1.82. The minimum absolute atomic E-state index is 0.633. The molecule has 55 heavy (non-hydrogen) atoms. The fourth-order valence-electron chi connectivity index (χ4n) is 7.24. The van der Waals surface area contributed by atoms with E-state index in [0.717, 1.165) is 67.3 Å². The van der Waals surface area contributed by atoms with Crippen molar-refractivity contribution in [1.82, 2.24) is 19.9 Å². The third kappa shape index (κ3) is 6.37. The maximum absolute atomic E-state index is 5.25. The van der Waals surface area contributed by atoms with Gasteiger partial charge in [-0.3, -0.25) is 0 Å². The van der Waals surface area contributed by atoms with Crippen LogP contribution in [0, 0.1) is 0 Å². The van der Waals surface area contributed by atoms with Gasteiger partial charge in [0.1, 0.15) is 0 Å². The molecule has 0 unspecified atom stereocenters. The Balaban J connectivity index is 1.25. The lowest BCUT2D eigenvalue weighted by Crippen LogP contribution is -1.99. The maximum Gasteiger partial charge on any atom is 0.160 e. The molecule has 3 heterocycles. The Morgan fingerprint density at radius 1 is 0.291 bits per heavy atom. The number of aromatic nitrogens is 4. The molecule has 0 aliphatic rings. The summed E-state index contributed by atoms with van der Waals surface area (Å²) in [6.45, 7) is 0. The summed E-state index contributed by atoms with van der Waals surface area (Å²) in [4.78, 5) is 21.0. The van der Waals surface area contributed by atoms with Crippen LogP contribution in [0.3, 0.4) is 0 Å². The lowest BCUT2D eigenvalue weighted by molar-refractivity contribution is 1.17. The first-order valence-electron chi connectivity index (χ1n) is 18.3. The Labute approximate surface area is 323 Å². The molecule has 0 aliphatic carbocycles. The molecule has 0 radical (unpaired) electrons. The molecule has 0 bridgehead atoms. The van der Waals surface area contributed by atoms with Crippen LogP contribution in [0.25, 0.3) is 99.1 Å². The van der Waals surface area contributed by atoms with E-state index in [-0.39, 0.29) is 0 Å². The summed E-state index contributed by atoms with van der Waals surface area (Å²) in [6.07, 6.45) is 0. The van der Waals surface area contributed by atoms with Gasteiger partial charge in [-0.2, -0.15) is 0 Å². The van der Waals surface area contributed by atoms with Crippen LogP contribution < -0.4 is 0 Å². The van der Waals surface area contributed by atoms with Gasteiger partial charge in [0.25, 0.3) is 0 Å². The maximum atomic E-state index is 5.25. The van der Waals surface area contributed by atoms with E-state index >= 15 is 0 Å². The lowest BCUT2D eigenvalue weighted by atomic mass is 9.95. The first-order chi connectivity index (χ1) is 27.2. The highest BCUT2D eigenvalue weighted by Crippen LogP contribution is 2.42. The SMILES string of the molecule is c1ccc(-c2cc(-c3ccccc3)nc(-c3cc(-c4nc(-c5ccccc5)cc(-c5ccccc5)n4)cc(-c4cccc5sc6ccccc6c45)c3)n2)cc1. The van der Waals surface area contributed by atoms with E-state index in [0.29, 0.717) is 11.6 Å². The molecular weight excluding hydrogens is 689 g/mol. The highest BCUT2D eigenvalue weighted by atomic mass is 32.1. The molecule has 7 aromatic carbocycles. The topological polar surface area (TPSA) is 51.6 Å². The van der Waals surface area contributed by atoms with E-state index in [4.69, 9.17) is 19.9 Å². The largest absolute Gasteiger partial charge is 0.228 e. The summed E-state index contributed by atoms with van der Waals surface area (Å²) < 4.78 is 2.51. The minimum atomic E-state index is 0.633.